The molecular weight excluding hydrogens is 224 g/mol. The summed E-state index contributed by atoms with van der Waals surface area (Å²) in [5.41, 5.74) is 1.09. The highest BCUT2D eigenvalue weighted by molar-refractivity contribution is 5.61. The average molecular weight is 244 g/mol. The molecule has 1 heterocycles. The molecule has 1 unspecified atom stereocenters. The molecule has 0 spiro atoms. The molecule has 0 aromatic heterocycles. The van der Waals surface area contributed by atoms with Crippen molar-refractivity contribution in [1.82, 2.24) is 0 Å². The third kappa shape index (κ3) is 3.16. The monoisotopic (exact) mass is 244 g/mol. The lowest BCUT2D eigenvalue weighted by Crippen LogP contribution is -2.16. The van der Waals surface area contributed by atoms with Crippen LogP contribution in [0.3, 0.4) is 0 Å². The fraction of sp³-hybridized carbons (Fsp3) is 0.375. The Morgan fingerprint density at radius 1 is 1.39 bits per heavy atom. The second kappa shape index (κ2) is 6.29. The molecule has 0 fully saturated rings. The fourth-order valence-corrected chi connectivity index (χ4v) is 2.09. The van der Waals surface area contributed by atoms with Gasteiger partial charge in [-0.2, -0.15) is 0 Å². The summed E-state index contributed by atoms with van der Waals surface area (Å²) < 4.78 is 11.1. The van der Waals surface area contributed by atoms with Gasteiger partial charge in [0.15, 0.2) is 0 Å². The van der Waals surface area contributed by atoms with Gasteiger partial charge in [0.1, 0.15) is 17.6 Å². The predicted molar refractivity (Wildman–Crippen MR) is 75.1 cm³/mol. The molecule has 18 heavy (non-hydrogen) atoms. The summed E-state index contributed by atoms with van der Waals surface area (Å²) >= 11 is 0. The van der Waals surface area contributed by atoms with Crippen LogP contribution in [-0.2, 0) is 0 Å². The van der Waals surface area contributed by atoms with Crippen molar-refractivity contribution in [3.05, 3.63) is 42.5 Å². The van der Waals surface area contributed by atoms with Gasteiger partial charge >= 0.3 is 0 Å². The summed E-state index contributed by atoms with van der Waals surface area (Å²) in [5, 5.41) is 0. The quantitative estimate of drug-likeness (QED) is 0.551. The Balaban J connectivity index is 1.92. The number of rotatable bonds is 6. The Labute approximate surface area is 109 Å². The minimum absolute atomic E-state index is 0.204. The van der Waals surface area contributed by atoms with Crippen LogP contribution in [0.4, 0.5) is 0 Å². The number of allylic oxidation sites excluding steroid dienone is 1. The lowest BCUT2D eigenvalue weighted by Gasteiger charge is -2.21. The summed E-state index contributed by atoms with van der Waals surface area (Å²) in [6.45, 7) is 3.73. The zero-order valence-electron chi connectivity index (χ0n) is 10.9. The fourth-order valence-electron chi connectivity index (χ4n) is 2.09. The molecule has 0 aliphatic carbocycles. The molecule has 1 aliphatic rings. The first-order valence-electron chi connectivity index (χ1n) is 6.47. The first-order valence-corrected chi connectivity index (χ1v) is 6.47. The smallest absolute Gasteiger partial charge is 0.127 e. The average Bonchev–Trinajstić information content (AvgIpc) is 2.43. The van der Waals surface area contributed by atoms with E-state index in [9.17, 15) is 0 Å². The van der Waals surface area contributed by atoms with Crippen molar-refractivity contribution in [2.24, 2.45) is 0 Å². The van der Waals surface area contributed by atoms with E-state index in [0.717, 1.165) is 29.9 Å². The van der Waals surface area contributed by atoms with Crippen molar-refractivity contribution in [2.45, 2.75) is 31.8 Å². The summed E-state index contributed by atoms with van der Waals surface area (Å²) in [5.74, 6) is 1.82. The second-order valence-corrected chi connectivity index (χ2v) is 4.49. The molecule has 2 nitrogen and oxygen atoms in total. The Hall–Kier alpha value is -1.70. The van der Waals surface area contributed by atoms with Gasteiger partial charge in [0.2, 0.25) is 0 Å². The number of unbranched alkanes of at least 4 members (excludes halogenated alkanes) is 2. The van der Waals surface area contributed by atoms with Crippen molar-refractivity contribution in [2.75, 3.05) is 7.11 Å². The molecule has 1 atom stereocenters. The molecule has 0 saturated heterocycles. The van der Waals surface area contributed by atoms with Crippen LogP contribution >= 0.6 is 0 Å². The number of benzene rings is 1. The summed E-state index contributed by atoms with van der Waals surface area (Å²) in [7, 11) is 1.68. The van der Waals surface area contributed by atoms with Gasteiger partial charge in [0.05, 0.1) is 7.11 Å². The lowest BCUT2D eigenvalue weighted by molar-refractivity contribution is 0.230. The van der Waals surface area contributed by atoms with Crippen molar-refractivity contribution in [3.63, 3.8) is 0 Å². The van der Waals surface area contributed by atoms with E-state index in [-0.39, 0.29) is 6.10 Å². The molecule has 0 amide bonds. The number of hydrogen-bond donors (Lipinski definition) is 0. The van der Waals surface area contributed by atoms with E-state index in [2.05, 4.69) is 18.7 Å². The molecule has 0 saturated carbocycles. The van der Waals surface area contributed by atoms with E-state index in [1.54, 1.807) is 7.11 Å². The van der Waals surface area contributed by atoms with E-state index < -0.39 is 0 Å². The first kappa shape index (κ1) is 12.7. The second-order valence-electron chi connectivity index (χ2n) is 4.49. The highest BCUT2D eigenvalue weighted by Crippen LogP contribution is 2.30. The van der Waals surface area contributed by atoms with Gasteiger partial charge in [0.25, 0.3) is 0 Å². The van der Waals surface area contributed by atoms with Crippen LogP contribution in [-0.4, -0.2) is 13.2 Å². The molecule has 0 bridgehead atoms. The van der Waals surface area contributed by atoms with E-state index in [1.165, 1.54) is 12.8 Å². The normalized spacial score (nSPS) is 16.8. The lowest BCUT2D eigenvalue weighted by atomic mass is 10.0. The van der Waals surface area contributed by atoms with E-state index >= 15 is 0 Å². The third-order valence-electron chi connectivity index (χ3n) is 3.13. The van der Waals surface area contributed by atoms with Gasteiger partial charge in [-0.3, -0.25) is 0 Å². The maximum Gasteiger partial charge on any atom is 0.127 e. The summed E-state index contributed by atoms with van der Waals surface area (Å²) in [6.07, 6.45) is 10.9. The maximum absolute atomic E-state index is 5.94. The summed E-state index contributed by atoms with van der Waals surface area (Å²) in [4.78, 5) is 0. The van der Waals surface area contributed by atoms with Gasteiger partial charge in [-0.05, 0) is 50.0 Å². The molecule has 0 radical (unpaired) electrons. The van der Waals surface area contributed by atoms with Crippen LogP contribution in [0.2, 0.25) is 0 Å². The zero-order chi connectivity index (χ0) is 12.8. The van der Waals surface area contributed by atoms with Crippen molar-refractivity contribution >= 4 is 6.08 Å². The van der Waals surface area contributed by atoms with Crippen LogP contribution in [0.1, 0.15) is 31.2 Å². The zero-order valence-corrected chi connectivity index (χ0v) is 10.9. The van der Waals surface area contributed by atoms with Crippen molar-refractivity contribution in [1.29, 1.82) is 0 Å². The number of hydrogen-bond acceptors (Lipinski definition) is 2. The molecule has 2 rings (SSSR count). The van der Waals surface area contributed by atoms with Gasteiger partial charge in [-0.1, -0.05) is 12.2 Å². The molecule has 96 valence electrons. The molecule has 1 aromatic carbocycles. The summed E-state index contributed by atoms with van der Waals surface area (Å²) in [6, 6.07) is 5.92. The van der Waals surface area contributed by atoms with E-state index in [1.807, 2.05) is 24.3 Å². The predicted octanol–water partition coefficient (Wildman–Crippen LogP) is 4.22. The molecule has 1 aliphatic heterocycles. The highest BCUT2D eigenvalue weighted by Gasteiger charge is 2.14. The van der Waals surface area contributed by atoms with Gasteiger partial charge in [-0.25, -0.2) is 0 Å². The standard InChI is InChI=1S/C16H20O2/c1-3-4-5-6-7-14-9-8-13-12-15(17-2)10-11-16(13)18-14/h3,8-12,14H,1,4-7H2,2H3. The molecule has 2 heteroatoms. The Kier molecular flexibility index (Phi) is 4.46. The number of fused-ring (bicyclic) bond motifs is 1. The molecule has 0 N–H and O–H groups in total. The largest absolute Gasteiger partial charge is 0.497 e. The van der Waals surface area contributed by atoms with Gasteiger partial charge < -0.3 is 9.47 Å². The Morgan fingerprint density at radius 2 is 2.28 bits per heavy atom. The van der Waals surface area contributed by atoms with Crippen molar-refractivity contribution in [3.8, 4) is 11.5 Å². The Morgan fingerprint density at radius 3 is 3.06 bits per heavy atom. The van der Waals surface area contributed by atoms with Crippen LogP contribution in [0.25, 0.3) is 6.08 Å². The number of ether oxygens (including phenoxy) is 2. The number of methoxy groups -OCH3 is 1. The minimum Gasteiger partial charge on any atom is -0.497 e. The van der Waals surface area contributed by atoms with E-state index in [0.29, 0.717) is 0 Å². The maximum atomic E-state index is 5.94. The SMILES string of the molecule is C=CCCCCC1C=Cc2cc(OC)ccc2O1. The third-order valence-corrected chi connectivity index (χ3v) is 3.13. The Bertz CT molecular complexity index is 435. The molecular formula is C16H20O2. The van der Waals surface area contributed by atoms with Gasteiger partial charge in [0, 0.05) is 5.56 Å². The van der Waals surface area contributed by atoms with Crippen LogP contribution in [0.15, 0.2) is 36.9 Å². The highest BCUT2D eigenvalue weighted by atomic mass is 16.5. The van der Waals surface area contributed by atoms with Crippen molar-refractivity contribution < 1.29 is 9.47 Å². The topological polar surface area (TPSA) is 18.5 Å². The van der Waals surface area contributed by atoms with Crippen LogP contribution in [0.5, 0.6) is 11.5 Å². The van der Waals surface area contributed by atoms with Crippen LogP contribution < -0.4 is 9.47 Å². The minimum atomic E-state index is 0.204. The van der Waals surface area contributed by atoms with Gasteiger partial charge in [-0.15, -0.1) is 6.58 Å². The van der Waals surface area contributed by atoms with E-state index in [4.69, 9.17) is 9.47 Å². The molecule has 1 aromatic rings. The van der Waals surface area contributed by atoms with Crippen LogP contribution in [0, 0.1) is 0 Å². The first-order chi connectivity index (χ1) is 8.83.